The van der Waals surface area contributed by atoms with Crippen molar-refractivity contribution in [3.05, 3.63) is 53.7 Å². The molecule has 3 aromatic rings. The molecule has 0 saturated heterocycles. The van der Waals surface area contributed by atoms with Gasteiger partial charge in [-0.3, -0.25) is 0 Å². The summed E-state index contributed by atoms with van der Waals surface area (Å²) in [5.41, 5.74) is 3.23. The number of aliphatic hydroxyl groups is 1. The Bertz CT molecular complexity index is 1100. The van der Waals surface area contributed by atoms with Gasteiger partial charge in [-0.15, -0.1) is 0 Å². The molecule has 0 aliphatic rings. The Morgan fingerprint density at radius 1 is 1.23 bits per heavy atom. The van der Waals surface area contributed by atoms with Crippen LogP contribution in [0, 0.1) is 0 Å². The maximum atomic E-state index is 11.4. The van der Waals surface area contributed by atoms with Crippen molar-refractivity contribution >= 4 is 42.4 Å². The summed E-state index contributed by atoms with van der Waals surface area (Å²) in [6.07, 6.45) is 0.512. The summed E-state index contributed by atoms with van der Waals surface area (Å²) in [5, 5.41) is 20.6. The third-order valence-corrected chi connectivity index (χ3v) is 7.76. The Balaban J connectivity index is 1.46. The first kappa shape index (κ1) is 22.7. The summed E-state index contributed by atoms with van der Waals surface area (Å²) in [7, 11) is -3.33. The van der Waals surface area contributed by atoms with Gasteiger partial charge in [0.05, 0.1) is 0 Å². The molecule has 0 saturated carbocycles. The minimum atomic E-state index is -3.33. The number of nitrogens with one attached hydrogen (secondary N) is 2. The van der Waals surface area contributed by atoms with Gasteiger partial charge in [-0.05, 0) is 0 Å². The number of fused-ring (bicyclic) bond motifs is 1. The number of rotatable bonds is 10. The monoisotopic (exact) mass is 493 g/mol. The second-order valence-corrected chi connectivity index (χ2v) is 12.2. The second kappa shape index (κ2) is 9.86. The van der Waals surface area contributed by atoms with E-state index >= 15 is 0 Å². The quantitative estimate of drug-likeness (QED) is 0.297. The van der Waals surface area contributed by atoms with Crippen LogP contribution < -0.4 is 9.46 Å². The van der Waals surface area contributed by atoms with Gasteiger partial charge in [-0.25, -0.2) is 0 Å². The van der Waals surface area contributed by atoms with Crippen LogP contribution in [0.4, 0.5) is 5.69 Å². The Morgan fingerprint density at radius 3 is 2.77 bits per heavy atom. The van der Waals surface area contributed by atoms with Crippen molar-refractivity contribution < 1.29 is 18.3 Å². The molecule has 0 fully saturated rings. The Labute approximate surface area is 184 Å². The summed E-state index contributed by atoms with van der Waals surface area (Å²) in [6.45, 7) is 4.85. The molecule has 1 aromatic heterocycles. The zero-order valence-electron chi connectivity index (χ0n) is 17.3. The van der Waals surface area contributed by atoms with Crippen molar-refractivity contribution in [2.45, 2.75) is 36.3 Å². The van der Waals surface area contributed by atoms with Gasteiger partial charge in [0.25, 0.3) is 0 Å². The van der Waals surface area contributed by atoms with E-state index in [1.807, 2.05) is 24.3 Å². The van der Waals surface area contributed by atoms with E-state index in [1.54, 1.807) is 18.2 Å². The number of sulfonamides is 1. The standard InChI is InChI=1S/C21H28AsN3O4S/c1-14(2)21-18-8-7-17(12-19(18)23-24-21)29-10-9-22-13-20(26)15-5-4-6-16(11-15)25-30(3,27)28/h4-8,11-12,14,20,22,25-26H,9-10,13H2,1-3H3,(H,23,24). The fourth-order valence-electron chi connectivity index (χ4n) is 3.17. The molecule has 3 N–H and O–H groups in total. The van der Waals surface area contributed by atoms with Crippen LogP contribution in [-0.4, -0.2) is 52.3 Å². The minimum absolute atomic E-state index is 0.366. The first-order chi connectivity index (χ1) is 14.2. The van der Waals surface area contributed by atoms with Gasteiger partial charge < -0.3 is 0 Å². The van der Waals surface area contributed by atoms with Crippen molar-refractivity contribution in [2.75, 3.05) is 17.6 Å². The third kappa shape index (κ3) is 6.24. The number of aromatic nitrogens is 2. The van der Waals surface area contributed by atoms with Crippen LogP contribution >= 0.6 is 0 Å². The van der Waals surface area contributed by atoms with Crippen LogP contribution in [0.25, 0.3) is 10.9 Å². The molecule has 30 heavy (non-hydrogen) atoms. The number of ether oxygens (including phenoxy) is 1. The molecular weight excluding hydrogens is 465 g/mol. The molecule has 2 unspecified atom stereocenters. The maximum absolute atomic E-state index is 11.4. The van der Waals surface area contributed by atoms with Crippen LogP contribution in [0.1, 0.15) is 37.1 Å². The fraction of sp³-hybridized carbons (Fsp3) is 0.381. The zero-order chi connectivity index (χ0) is 21.7. The Hall–Kier alpha value is -2.02. The third-order valence-electron chi connectivity index (χ3n) is 4.57. The average molecular weight is 493 g/mol. The molecule has 0 aliphatic carbocycles. The number of hydrogen-bond donors (Lipinski definition) is 3. The van der Waals surface area contributed by atoms with E-state index in [9.17, 15) is 13.5 Å². The average Bonchev–Trinajstić information content (AvgIpc) is 3.10. The SMILES string of the molecule is CC(C)c1n[nH]c2cc(OCC[AsH]CC(O)c3cccc(NS(C)(=O)=O)c3)ccc12. The van der Waals surface area contributed by atoms with Crippen molar-refractivity contribution in [1.29, 1.82) is 0 Å². The normalized spacial score (nSPS) is 13.4. The van der Waals surface area contributed by atoms with Crippen molar-refractivity contribution in [3.8, 4) is 5.75 Å². The van der Waals surface area contributed by atoms with Gasteiger partial charge in [0.2, 0.25) is 0 Å². The first-order valence-electron chi connectivity index (χ1n) is 9.80. The van der Waals surface area contributed by atoms with E-state index in [-0.39, 0.29) is 0 Å². The van der Waals surface area contributed by atoms with Gasteiger partial charge in [0.1, 0.15) is 0 Å². The predicted molar refractivity (Wildman–Crippen MR) is 122 cm³/mol. The van der Waals surface area contributed by atoms with Gasteiger partial charge in [0.15, 0.2) is 0 Å². The second-order valence-electron chi connectivity index (χ2n) is 7.54. The number of nitrogens with zero attached hydrogens (tertiary/aromatic N) is 1. The molecule has 0 aliphatic heterocycles. The number of aliphatic hydroxyl groups excluding tert-OH is 1. The van der Waals surface area contributed by atoms with Crippen LogP contribution in [0.15, 0.2) is 42.5 Å². The molecule has 0 amide bonds. The van der Waals surface area contributed by atoms with E-state index in [0.717, 1.165) is 39.4 Å². The Kier molecular flexibility index (Phi) is 7.44. The number of anilines is 1. The van der Waals surface area contributed by atoms with Crippen LogP contribution in [0.5, 0.6) is 5.75 Å². The van der Waals surface area contributed by atoms with E-state index < -0.39 is 31.9 Å². The molecule has 0 bridgehead atoms. The van der Waals surface area contributed by atoms with Crippen LogP contribution in [-0.2, 0) is 10.0 Å². The molecule has 1 heterocycles. The molecule has 2 atom stereocenters. The first-order valence-corrected chi connectivity index (χ1v) is 14.7. The van der Waals surface area contributed by atoms with E-state index in [4.69, 9.17) is 4.74 Å². The number of benzene rings is 2. The number of hydrogen-bond acceptors (Lipinski definition) is 5. The predicted octanol–water partition coefficient (Wildman–Crippen LogP) is 3.44. The van der Waals surface area contributed by atoms with E-state index in [1.165, 1.54) is 0 Å². The molecule has 7 nitrogen and oxygen atoms in total. The Morgan fingerprint density at radius 2 is 2.03 bits per heavy atom. The van der Waals surface area contributed by atoms with Crippen molar-refractivity contribution in [1.82, 2.24) is 10.2 Å². The summed E-state index contributed by atoms with van der Waals surface area (Å²) in [4.78, 5) is 0. The molecule has 2 aromatic carbocycles. The zero-order valence-corrected chi connectivity index (χ0v) is 20.3. The van der Waals surface area contributed by atoms with Crippen LogP contribution in [0.3, 0.4) is 0 Å². The molecule has 3 rings (SSSR count). The number of H-pyrrole nitrogens is 1. The van der Waals surface area contributed by atoms with Crippen molar-refractivity contribution in [3.63, 3.8) is 0 Å². The summed E-state index contributed by atoms with van der Waals surface area (Å²) >= 11 is -0.392. The van der Waals surface area contributed by atoms with E-state index in [0.29, 0.717) is 23.4 Å². The molecule has 0 spiro atoms. The van der Waals surface area contributed by atoms with Crippen molar-refractivity contribution in [2.24, 2.45) is 0 Å². The van der Waals surface area contributed by atoms with Crippen LogP contribution in [0.2, 0.25) is 10.4 Å². The molecular formula is C21H28AsN3O4S. The van der Waals surface area contributed by atoms with Gasteiger partial charge >= 0.3 is 184 Å². The molecule has 0 radical (unpaired) electrons. The molecule has 162 valence electrons. The van der Waals surface area contributed by atoms with E-state index in [2.05, 4.69) is 28.8 Å². The van der Waals surface area contributed by atoms with Gasteiger partial charge in [-0.1, -0.05) is 0 Å². The topological polar surface area (TPSA) is 104 Å². The fourth-order valence-corrected chi connectivity index (χ4v) is 5.74. The van der Waals surface area contributed by atoms with Gasteiger partial charge in [-0.2, -0.15) is 0 Å². The molecule has 9 heteroatoms. The summed E-state index contributed by atoms with van der Waals surface area (Å²) in [6, 6.07) is 12.9. The summed E-state index contributed by atoms with van der Waals surface area (Å²) < 4.78 is 31.0. The number of aromatic amines is 1. The van der Waals surface area contributed by atoms with Gasteiger partial charge in [0, 0.05) is 0 Å². The summed E-state index contributed by atoms with van der Waals surface area (Å²) in [5.74, 6) is 1.18.